The Morgan fingerprint density at radius 1 is 1.13 bits per heavy atom. The standard InChI is InChI=1S/C23H28Cl2N2O3/c1-4-11-26-23(29)21(5-2)27(15-16-7-6-8-19(12-16)30-3)22(28)13-17-9-10-18(24)14-20(17)25/h6-10,12,14,21H,4-5,11,13,15H2,1-3H3,(H,26,29)/t21-/m1/s1. The molecule has 0 unspecified atom stereocenters. The van der Waals surface area contributed by atoms with Crippen LogP contribution in [0, 0.1) is 0 Å². The summed E-state index contributed by atoms with van der Waals surface area (Å²) >= 11 is 12.2. The summed E-state index contributed by atoms with van der Waals surface area (Å²) in [6.45, 7) is 4.75. The van der Waals surface area contributed by atoms with E-state index in [4.69, 9.17) is 27.9 Å². The highest BCUT2D eigenvalue weighted by Gasteiger charge is 2.28. The van der Waals surface area contributed by atoms with E-state index in [2.05, 4.69) is 5.32 Å². The minimum Gasteiger partial charge on any atom is -0.497 e. The minimum atomic E-state index is -0.582. The molecule has 0 saturated heterocycles. The van der Waals surface area contributed by atoms with Crippen molar-refractivity contribution in [1.82, 2.24) is 10.2 Å². The average molecular weight is 451 g/mol. The Balaban J connectivity index is 2.32. The molecule has 162 valence electrons. The third kappa shape index (κ3) is 6.64. The number of hydrogen-bond acceptors (Lipinski definition) is 3. The first-order valence-electron chi connectivity index (χ1n) is 10.0. The summed E-state index contributed by atoms with van der Waals surface area (Å²) in [7, 11) is 1.59. The van der Waals surface area contributed by atoms with Gasteiger partial charge in [-0.25, -0.2) is 0 Å². The van der Waals surface area contributed by atoms with Gasteiger partial charge in [-0.1, -0.05) is 55.2 Å². The van der Waals surface area contributed by atoms with Crippen LogP contribution in [0.15, 0.2) is 42.5 Å². The van der Waals surface area contributed by atoms with Gasteiger partial charge < -0.3 is 15.0 Å². The minimum absolute atomic E-state index is 0.0809. The van der Waals surface area contributed by atoms with Gasteiger partial charge in [-0.2, -0.15) is 0 Å². The van der Waals surface area contributed by atoms with Crippen LogP contribution in [0.1, 0.15) is 37.8 Å². The van der Waals surface area contributed by atoms with Crippen molar-refractivity contribution in [2.75, 3.05) is 13.7 Å². The van der Waals surface area contributed by atoms with Gasteiger partial charge in [-0.05, 0) is 48.2 Å². The van der Waals surface area contributed by atoms with Gasteiger partial charge in [0, 0.05) is 23.1 Å². The van der Waals surface area contributed by atoms with Crippen LogP contribution in [0.4, 0.5) is 0 Å². The van der Waals surface area contributed by atoms with Crippen molar-refractivity contribution in [2.45, 2.75) is 45.7 Å². The Bertz CT molecular complexity index is 873. The Labute approximate surface area is 188 Å². The Morgan fingerprint density at radius 2 is 1.90 bits per heavy atom. The zero-order valence-corrected chi connectivity index (χ0v) is 19.1. The van der Waals surface area contributed by atoms with E-state index in [1.807, 2.05) is 38.1 Å². The quantitative estimate of drug-likeness (QED) is 0.560. The number of benzene rings is 2. The molecule has 7 heteroatoms. The number of rotatable bonds is 10. The maximum absolute atomic E-state index is 13.3. The SMILES string of the molecule is CCCNC(=O)[C@@H](CC)N(Cc1cccc(OC)c1)C(=O)Cc1ccc(Cl)cc1Cl. The summed E-state index contributed by atoms with van der Waals surface area (Å²) in [6.07, 6.45) is 1.41. The van der Waals surface area contributed by atoms with Gasteiger partial charge in [0.25, 0.3) is 0 Å². The third-order valence-electron chi connectivity index (χ3n) is 4.78. The molecular weight excluding hydrogens is 423 g/mol. The van der Waals surface area contributed by atoms with Crippen LogP contribution in [0.25, 0.3) is 0 Å². The predicted octanol–water partition coefficient (Wildman–Crippen LogP) is 4.88. The smallest absolute Gasteiger partial charge is 0.242 e. The summed E-state index contributed by atoms with van der Waals surface area (Å²) in [5, 5.41) is 3.85. The Hall–Kier alpha value is -2.24. The molecule has 2 rings (SSSR count). The van der Waals surface area contributed by atoms with E-state index in [1.54, 1.807) is 30.2 Å². The van der Waals surface area contributed by atoms with E-state index < -0.39 is 6.04 Å². The van der Waals surface area contributed by atoms with E-state index >= 15 is 0 Å². The second kappa shape index (κ2) is 11.8. The topological polar surface area (TPSA) is 58.6 Å². The first kappa shape index (κ1) is 24.0. The lowest BCUT2D eigenvalue weighted by molar-refractivity contribution is -0.140. The highest BCUT2D eigenvalue weighted by Crippen LogP contribution is 2.23. The van der Waals surface area contributed by atoms with Crippen molar-refractivity contribution in [2.24, 2.45) is 0 Å². The van der Waals surface area contributed by atoms with Crippen LogP contribution in [0.2, 0.25) is 10.0 Å². The summed E-state index contributed by atoms with van der Waals surface area (Å²) in [5.74, 6) is 0.363. The van der Waals surface area contributed by atoms with Crippen molar-refractivity contribution in [3.8, 4) is 5.75 Å². The van der Waals surface area contributed by atoms with Gasteiger partial charge in [0.2, 0.25) is 11.8 Å². The molecular formula is C23H28Cl2N2O3. The molecule has 0 aliphatic rings. The van der Waals surface area contributed by atoms with Crippen molar-refractivity contribution >= 4 is 35.0 Å². The van der Waals surface area contributed by atoms with Crippen LogP contribution < -0.4 is 10.1 Å². The molecule has 0 aliphatic heterocycles. The third-order valence-corrected chi connectivity index (χ3v) is 5.37. The molecule has 0 saturated carbocycles. The van der Waals surface area contributed by atoms with Crippen LogP contribution in [-0.4, -0.2) is 36.4 Å². The Kier molecular flexibility index (Phi) is 9.47. The first-order chi connectivity index (χ1) is 14.4. The molecule has 0 bridgehead atoms. The van der Waals surface area contributed by atoms with Crippen LogP contribution in [0.3, 0.4) is 0 Å². The van der Waals surface area contributed by atoms with Gasteiger partial charge in [0.05, 0.1) is 13.5 Å². The molecule has 2 amide bonds. The molecule has 0 aliphatic carbocycles. The lowest BCUT2D eigenvalue weighted by Crippen LogP contribution is -2.49. The second-order valence-electron chi connectivity index (χ2n) is 7.00. The molecule has 0 heterocycles. The average Bonchev–Trinajstić information content (AvgIpc) is 2.74. The normalized spacial score (nSPS) is 11.6. The summed E-state index contributed by atoms with van der Waals surface area (Å²) in [5.41, 5.74) is 1.55. The molecule has 5 nitrogen and oxygen atoms in total. The summed E-state index contributed by atoms with van der Waals surface area (Å²) < 4.78 is 5.29. The first-order valence-corrected chi connectivity index (χ1v) is 10.8. The van der Waals surface area contributed by atoms with Gasteiger partial charge in [0.1, 0.15) is 11.8 Å². The number of carbonyl (C=O) groups is 2. The largest absolute Gasteiger partial charge is 0.497 e. The number of nitrogens with one attached hydrogen (secondary N) is 1. The molecule has 1 N–H and O–H groups in total. The number of ether oxygens (including phenoxy) is 1. The highest BCUT2D eigenvalue weighted by atomic mass is 35.5. The van der Waals surface area contributed by atoms with E-state index in [0.29, 0.717) is 40.9 Å². The van der Waals surface area contributed by atoms with Gasteiger partial charge in [0.15, 0.2) is 0 Å². The molecule has 0 radical (unpaired) electrons. The number of halogens is 2. The van der Waals surface area contributed by atoms with Crippen LogP contribution in [-0.2, 0) is 22.6 Å². The number of amides is 2. The Morgan fingerprint density at radius 3 is 2.53 bits per heavy atom. The molecule has 0 aromatic heterocycles. The van der Waals surface area contributed by atoms with Crippen LogP contribution >= 0.6 is 23.2 Å². The number of carbonyl (C=O) groups excluding carboxylic acids is 2. The maximum atomic E-state index is 13.3. The van der Waals surface area contributed by atoms with E-state index in [-0.39, 0.29) is 18.2 Å². The van der Waals surface area contributed by atoms with Gasteiger partial charge in [-0.15, -0.1) is 0 Å². The lowest BCUT2D eigenvalue weighted by atomic mass is 10.1. The molecule has 0 fully saturated rings. The van der Waals surface area contributed by atoms with Crippen molar-refractivity contribution in [1.29, 1.82) is 0 Å². The highest BCUT2D eigenvalue weighted by molar-refractivity contribution is 6.35. The van der Waals surface area contributed by atoms with E-state index in [0.717, 1.165) is 12.0 Å². The lowest BCUT2D eigenvalue weighted by Gasteiger charge is -2.31. The molecule has 2 aromatic carbocycles. The molecule has 2 aromatic rings. The van der Waals surface area contributed by atoms with Crippen molar-refractivity contribution in [3.05, 3.63) is 63.6 Å². The fraction of sp³-hybridized carbons (Fsp3) is 0.391. The van der Waals surface area contributed by atoms with E-state index in [9.17, 15) is 9.59 Å². The molecule has 0 spiro atoms. The zero-order chi connectivity index (χ0) is 22.1. The predicted molar refractivity (Wildman–Crippen MR) is 121 cm³/mol. The fourth-order valence-electron chi connectivity index (χ4n) is 3.18. The molecule has 30 heavy (non-hydrogen) atoms. The summed E-state index contributed by atoms with van der Waals surface area (Å²) in [6, 6.07) is 12.0. The van der Waals surface area contributed by atoms with Crippen molar-refractivity contribution in [3.63, 3.8) is 0 Å². The second-order valence-corrected chi connectivity index (χ2v) is 7.84. The van der Waals surface area contributed by atoms with Gasteiger partial charge in [-0.3, -0.25) is 9.59 Å². The fourth-order valence-corrected chi connectivity index (χ4v) is 3.66. The maximum Gasteiger partial charge on any atom is 0.242 e. The number of methoxy groups -OCH3 is 1. The van der Waals surface area contributed by atoms with Crippen LogP contribution in [0.5, 0.6) is 5.75 Å². The van der Waals surface area contributed by atoms with E-state index in [1.165, 1.54) is 0 Å². The number of nitrogens with zero attached hydrogens (tertiary/aromatic N) is 1. The zero-order valence-electron chi connectivity index (χ0n) is 17.6. The number of hydrogen-bond donors (Lipinski definition) is 1. The van der Waals surface area contributed by atoms with Crippen molar-refractivity contribution < 1.29 is 14.3 Å². The monoisotopic (exact) mass is 450 g/mol. The molecule has 1 atom stereocenters. The van der Waals surface area contributed by atoms with Gasteiger partial charge >= 0.3 is 0 Å². The summed E-state index contributed by atoms with van der Waals surface area (Å²) in [4.78, 5) is 27.7.